The molecule has 1 aromatic rings. The zero-order valence-electron chi connectivity index (χ0n) is 5.43. The van der Waals surface area contributed by atoms with Gasteiger partial charge in [-0.2, -0.15) is 8.42 Å². The van der Waals surface area contributed by atoms with Gasteiger partial charge in [-0.3, -0.25) is 0 Å². The van der Waals surface area contributed by atoms with Crippen LogP contribution in [0.4, 0.5) is 0 Å². The second-order valence-corrected chi connectivity index (χ2v) is 3.29. The molecule has 0 saturated heterocycles. The van der Waals surface area contributed by atoms with Crippen LogP contribution in [-0.2, 0) is 17.3 Å². The van der Waals surface area contributed by atoms with Crippen molar-refractivity contribution in [3.05, 3.63) is 18.5 Å². The van der Waals surface area contributed by atoms with Gasteiger partial charge in [-0.05, 0) is 4.09 Å². The normalized spacial score (nSPS) is 11.8. The van der Waals surface area contributed by atoms with E-state index in [1.54, 1.807) is 19.3 Å². The second-order valence-electron chi connectivity index (χ2n) is 1.88. The monoisotopic (exact) mass is 162 g/mol. The van der Waals surface area contributed by atoms with E-state index in [2.05, 4.69) is 0 Å². The van der Waals surface area contributed by atoms with Crippen LogP contribution in [0.2, 0.25) is 0 Å². The third kappa shape index (κ3) is 1.17. The zero-order valence-corrected chi connectivity index (χ0v) is 6.25. The quantitative estimate of drug-likeness (QED) is 0.503. The molecule has 10 heavy (non-hydrogen) atoms. The molecule has 0 fully saturated rings. The molecule has 5 nitrogen and oxygen atoms in total. The highest BCUT2D eigenvalue weighted by molar-refractivity contribution is 7.87. The molecular weight excluding hydrogens is 154 g/mol. The van der Waals surface area contributed by atoms with Gasteiger partial charge in [0.1, 0.15) is 0 Å². The summed E-state index contributed by atoms with van der Waals surface area (Å²) < 4.78 is 23.6. The lowest BCUT2D eigenvalue weighted by Crippen LogP contribution is -2.44. The van der Waals surface area contributed by atoms with Gasteiger partial charge in [0.15, 0.2) is 13.2 Å². The predicted octanol–water partition coefficient (Wildman–Crippen LogP) is -1.64. The fourth-order valence-electron chi connectivity index (χ4n) is 0.672. The van der Waals surface area contributed by atoms with Crippen LogP contribution in [0.15, 0.2) is 18.5 Å². The maximum absolute atomic E-state index is 10.6. The van der Waals surface area contributed by atoms with Gasteiger partial charge in [0, 0.05) is 6.07 Å². The Kier molecular flexibility index (Phi) is 1.49. The molecule has 0 amide bonds. The first kappa shape index (κ1) is 7.23. The van der Waals surface area contributed by atoms with Gasteiger partial charge >= 0.3 is 10.2 Å². The molecule has 0 aliphatic heterocycles. The average molecular weight is 162 g/mol. The summed E-state index contributed by atoms with van der Waals surface area (Å²) in [6.07, 6.45) is 2.96. The SMILES string of the molecule is C[n+]1cccn1S(N)(=O)=O. The molecule has 0 radical (unpaired) electrons. The van der Waals surface area contributed by atoms with Crippen molar-refractivity contribution in [2.24, 2.45) is 12.2 Å². The maximum Gasteiger partial charge on any atom is 0.348 e. The highest BCUT2D eigenvalue weighted by atomic mass is 32.2. The first-order valence-electron chi connectivity index (χ1n) is 2.58. The van der Waals surface area contributed by atoms with Gasteiger partial charge in [-0.25, -0.2) is 5.14 Å². The molecule has 0 spiro atoms. The van der Waals surface area contributed by atoms with E-state index in [0.29, 0.717) is 0 Å². The van der Waals surface area contributed by atoms with Crippen LogP contribution in [0, 0.1) is 0 Å². The van der Waals surface area contributed by atoms with E-state index in [1.807, 2.05) is 0 Å². The van der Waals surface area contributed by atoms with Crippen molar-refractivity contribution >= 4 is 10.2 Å². The van der Waals surface area contributed by atoms with Crippen molar-refractivity contribution in [1.29, 1.82) is 0 Å². The van der Waals surface area contributed by atoms with Crippen molar-refractivity contribution in [3.8, 4) is 0 Å². The fraction of sp³-hybridized carbons (Fsp3) is 0.250. The number of hydrogen-bond donors (Lipinski definition) is 1. The Labute approximate surface area is 58.8 Å². The second kappa shape index (κ2) is 2.06. The average Bonchev–Trinajstić information content (AvgIpc) is 2.11. The Hall–Kier alpha value is -0.880. The predicted molar refractivity (Wildman–Crippen MR) is 34.1 cm³/mol. The van der Waals surface area contributed by atoms with Crippen molar-refractivity contribution < 1.29 is 13.1 Å². The number of hydrogen-bond acceptors (Lipinski definition) is 2. The topological polar surface area (TPSA) is 69.0 Å². The number of rotatable bonds is 1. The molecule has 0 atom stereocenters. The first-order chi connectivity index (χ1) is 4.52. The molecule has 0 aromatic carbocycles. The Morgan fingerprint density at radius 1 is 1.60 bits per heavy atom. The highest BCUT2D eigenvalue weighted by Gasteiger charge is 2.12. The van der Waals surface area contributed by atoms with E-state index in [9.17, 15) is 8.42 Å². The third-order valence-electron chi connectivity index (χ3n) is 1.09. The molecular formula is C4H8N3O2S+. The summed E-state index contributed by atoms with van der Waals surface area (Å²) in [6.45, 7) is 0. The molecule has 0 unspecified atom stereocenters. The fourth-order valence-corrected chi connectivity index (χ4v) is 1.33. The number of nitrogens with two attached hydrogens (primary N) is 1. The van der Waals surface area contributed by atoms with Crippen LogP contribution in [0.25, 0.3) is 0 Å². The maximum atomic E-state index is 10.6. The van der Waals surface area contributed by atoms with Crippen LogP contribution in [0.5, 0.6) is 0 Å². The van der Waals surface area contributed by atoms with Crippen LogP contribution in [0.3, 0.4) is 0 Å². The zero-order chi connectivity index (χ0) is 7.78. The van der Waals surface area contributed by atoms with Crippen molar-refractivity contribution in [1.82, 2.24) is 4.09 Å². The minimum Gasteiger partial charge on any atom is -0.207 e. The lowest BCUT2D eigenvalue weighted by molar-refractivity contribution is -0.737. The molecule has 56 valence electrons. The Balaban J connectivity index is 3.32. The van der Waals surface area contributed by atoms with E-state index < -0.39 is 10.2 Å². The van der Waals surface area contributed by atoms with E-state index in [0.717, 1.165) is 4.09 Å². The summed E-state index contributed by atoms with van der Waals surface area (Å²) >= 11 is 0. The lowest BCUT2D eigenvalue weighted by Gasteiger charge is -1.92. The van der Waals surface area contributed by atoms with Crippen LogP contribution < -0.4 is 9.82 Å². The van der Waals surface area contributed by atoms with Crippen LogP contribution in [0.1, 0.15) is 0 Å². The molecule has 0 aliphatic carbocycles. The summed E-state index contributed by atoms with van der Waals surface area (Å²) in [5.41, 5.74) is 0. The van der Waals surface area contributed by atoms with Gasteiger partial charge in [0.2, 0.25) is 0 Å². The standard InChI is InChI=1S/C4H8N3O2S/c1-6-3-2-4-7(6)10(5,8)9/h2-4H,1H3,(H2,5,8,9)/q+1. The minimum absolute atomic E-state index is 0.938. The Morgan fingerprint density at radius 3 is 2.40 bits per heavy atom. The molecule has 1 rings (SSSR count). The molecule has 0 saturated carbocycles. The molecule has 2 N–H and O–H groups in total. The Morgan fingerprint density at radius 2 is 2.20 bits per heavy atom. The third-order valence-corrected chi connectivity index (χ3v) is 1.99. The first-order valence-corrected chi connectivity index (χ1v) is 4.09. The van der Waals surface area contributed by atoms with Crippen molar-refractivity contribution in [2.45, 2.75) is 0 Å². The summed E-state index contributed by atoms with van der Waals surface area (Å²) in [4.78, 5) is 0. The van der Waals surface area contributed by atoms with E-state index in [4.69, 9.17) is 5.14 Å². The summed E-state index contributed by atoms with van der Waals surface area (Å²) in [7, 11) is -2.02. The molecule has 0 aliphatic rings. The largest absolute Gasteiger partial charge is 0.348 e. The van der Waals surface area contributed by atoms with Gasteiger partial charge in [0.05, 0.1) is 6.20 Å². The smallest absolute Gasteiger partial charge is 0.207 e. The van der Waals surface area contributed by atoms with Gasteiger partial charge in [-0.1, -0.05) is 0 Å². The summed E-state index contributed by atoms with van der Waals surface area (Å²) in [5, 5.41) is 4.82. The van der Waals surface area contributed by atoms with Crippen molar-refractivity contribution in [3.63, 3.8) is 0 Å². The van der Waals surface area contributed by atoms with E-state index >= 15 is 0 Å². The van der Waals surface area contributed by atoms with Gasteiger partial charge in [0.25, 0.3) is 0 Å². The number of aryl methyl sites for hydroxylation is 1. The Bertz CT molecular complexity index is 326. The van der Waals surface area contributed by atoms with Crippen LogP contribution in [-0.4, -0.2) is 12.5 Å². The van der Waals surface area contributed by atoms with E-state index in [-0.39, 0.29) is 0 Å². The summed E-state index contributed by atoms with van der Waals surface area (Å²) in [5.74, 6) is 0. The molecule has 1 aromatic heterocycles. The molecule has 0 bridgehead atoms. The number of aromatic nitrogens is 2. The molecule has 6 heteroatoms. The van der Waals surface area contributed by atoms with E-state index in [1.165, 1.54) is 10.9 Å². The number of nitrogens with zero attached hydrogens (tertiary/aromatic N) is 2. The van der Waals surface area contributed by atoms with Crippen LogP contribution >= 0.6 is 0 Å². The lowest BCUT2D eigenvalue weighted by atomic mass is 10.8. The molecule has 1 heterocycles. The summed E-state index contributed by atoms with van der Waals surface area (Å²) in [6, 6.07) is 1.59. The minimum atomic E-state index is -3.61. The highest BCUT2D eigenvalue weighted by Crippen LogP contribution is 1.82. The van der Waals surface area contributed by atoms with Gasteiger partial charge < -0.3 is 0 Å². The van der Waals surface area contributed by atoms with Crippen molar-refractivity contribution in [2.75, 3.05) is 0 Å². The van der Waals surface area contributed by atoms with Gasteiger partial charge in [-0.15, -0.1) is 4.68 Å².